The van der Waals surface area contributed by atoms with E-state index in [0.29, 0.717) is 0 Å². The van der Waals surface area contributed by atoms with Gasteiger partial charge in [-0.2, -0.15) is 0 Å². The Morgan fingerprint density at radius 2 is 2.27 bits per heavy atom. The van der Waals surface area contributed by atoms with Crippen molar-refractivity contribution in [3.05, 3.63) is 29.5 Å². The van der Waals surface area contributed by atoms with Gasteiger partial charge in [0.1, 0.15) is 5.75 Å². The molecule has 4 bridgehead atoms. The number of rotatable bonds is 2. The summed E-state index contributed by atoms with van der Waals surface area (Å²) in [4.78, 5) is 6.58. The molecule has 2 fully saturated rings. The molecule has 0 spiro atoms. The highest BCUT2D eigenvalue weighted by Crippen LogP contribution is 2.55. The lowest BCUT2D eigenvalue weighted by atomic mass is 9.91. The molecule has 0 radical (unpaired) electrons. The molecule has 22 heavy (non-hydrogen) atoms. The van der Waals surface area contributed by atoms with Crippen LogP contribution in [0.2, 0.25) is 0 Å². The van der Waals surface area contributed by atoms with Gasteiger partial charge in [0.2, 0.25) is 0 Å². The lowest BCUT2D eigenvalue weighted by molar-refractivity contribution is 0.156. The summed E-state index contributed by atoms with van der Waals surface area (Å²) in [5.41, 5.74) is 4.40. The van der Waals surface area contributed by atoms with E-state index in [1.807, 2.05) is 0 Å². The third-order valence-corrected chi connectivity index (χ3v) is 6.51. The van der Waals surface area contributed by atoms with Crippen LogP contribution in [0.25, 0.3) is 10.9 Å². The van der Waals surface area contributed by atoms with Gasteiger partial charge in [0.25, 0.3) is 0 Å². The maximum atomic E-state index is 5.44. The highest BCUT2D eigenvalue weighted by molar-refractivity contribution is 5.86. The second kappa shape index (κ2) is 4.51. The standard InChI is InChI=1S/C19H24N2O/c1-3-11-8-12-10-21-7-6-14-15-9-13(22-2)4-5-16(15)20-18(14)17(12)19(11)21/h4-5,9,11-12,17,19-20H,3,6-8,10H2,1-2H3/t11-,12?,17+,19?/m1/s1. The van der Waals surface area contributed by atoms with Crippen LogP contribution in [-0.4, -0.2) is 36.1 Å². The molecule has 3 nitrogen and oxygen atoms in total. The number of fused-ring (bicyclic) bond motifs is 3. The molecular weight excluding hydrogens is 272 g/mol. The van der Waals surface area contributed by atoms with Crippen molar-refractivity contribution in [2.75, 3.05) is 20.2 Å². The van der Waals surface area contributed by atoms with Crippen molar-refractivity contribution in [2.45, 2.75) is 38.1 Å². The average molecular weight is 296 g/mol. The molecule has 3 heteroatoms. The van der Waals surface area contributed by atoms with Crippen LogP contribution in [0.15, 0.2) is 18.2 Å². The van der Waals surface area contributed by atoms with E-state index in [2.05, 4.69) is 35.0 Å². The van der Waals surface area contributed by atoms with E-state index in [1.165, 1.54) is 43.3 Å². The number of piperidine rings is 1. The summed E-state index contributed by atoms with van der Waals surface area (Å²) in [6, 6.07) is 7.27. The minimum absolute atomic E-state index is 0.737. The lowest BCUT2D eigenvalue weighted by Gasteiger charge is -2.32. The monoisotopic (exact) mass is 296 g/mol. The van der Waals surface area contributed by atoms with Gasteiger partial charge >= 0.3 is 0 Å². The van der Waals surface area contributed by atoms with Crippen LogP contribution in [0.1, 0.15) is 36.9 Å². The topological polar surface area (TPSA) is 28.3 Å². The van der Waals surface area contributed by atoms with Crippen LogP contribution >= 0.6 is 0 Å². The minimum atomic E-state index is 0.737. The maximum Gasteiger partial charge on any atom is 0.119 e. The van der Waals surface area contributed by atoms with Crippen molar-refractivity contribution < 1.29 is 4.74 Å². The number of nitrogens with one attached hydrogen (secondary N) is 1. The Hall–Kier alpha value is -1.48. The second-order valence-corrected chi connectivity index (χ2v) is 7.35. The van der Waals surface area contributed by atoms with Crippen LogP contribution in [0.5, 0.6) is 5.75 Å². The lowest BCUT2D eigenvalue weighted by Crippen LogP contribution is -2.39. The van der Waals surface area contributed by atoms with Crippen LogP contribution in [0, 0.1) is 11.8 Å². The Balaban J connectivity index is 1.69. The van der Waals surface area contributed by atoms with Crippen molar-refractivity contribution in [1.29, 1.82) is 0 Å². The molecule has 1 aromatic heterocycles. The number of aromatic amines is 1. The molecular formula is C19H24N2O. The minimum Gasteiger partial charge on any atom is -0.497 e. The average Bonchev–Trinajstić information content (AvgIpc) is 3.15. The van der Waals surface area contributed by atoms with E-state index < -0.39 is 0 Å². The molecule has 1 saturated carbocycles. The van der Waals surface area contributed by atoms with Crippen molar-refractivity contribution in [3.63, 3.8) is 0 Å². The van der Waals surface area contributed by atoms with Crippen LogP contribution in [0.3, 0.4) is 0 Å². The number of aromatic nitrogens is 1. The van der Waals surface area contributed by atoms with Gasteiger partial charge in [0.15, 0.2) is 0 Å². The van der Waals surface area contributed by atoms with Gasteiger partial charge in [-0.15, -0.1) is 0 Å². The summed E-state index contributed by atoms with van der Waals surface area (Å²) in [6.07, 6.45) is 3.94. The third kappa shape index (κ3) is 1.55. The van der Waals surface area contributed by atoms with Crippen molar-refractivity contribution in [1.82, 2.24) is 9.88 Å². The van der Waals surface area contributed by atoms with E-state index in [-0.39, 0.29) is 0 Å². The fourth-order valence-corrected chi connectivity index (χ4v) is 5.62. The molecule has 1 saturated heterocycles. The number of ether oxygens (including phenoxy) is 1. The zero-order valence-electron chi connectivity index (χ0n) is 13.4. The van der Waals surface area contributed by atoms with Gasteiger partial charge in [-0.1, -0.05) is 13.3 Å². The van der Waals surface area contributed by atoms with Gasteiger partial charge in [0, 0.05) is 41.6 Å². The highest BCUT2D eigenvalue weighted by Gasteiger charge is 2.54. The molecule has 5 atom stereocenters. The van der Waals surface area contributed by atoms with Gasteiger partial charge < -0.3 is 9.72 Å². The first kappa shape index (κ1) is 13.0. The fourth-order valence-electron chi connectivity index (χ4n) is 5.62. The highest BCUT2D eigenvalue weighted by atomic mass is 16.5. The molecule has 3 unspecified atom stereocenters. The Kier molecular flexibility index (Phi) is 2.67. The maximum absolute atomic E-state index is 5.44. The molecule has 3 heterocycles. The van der Waals surface area contributed by atoms with Crippen LogP contribution < -0.4 is 4.74 Å². The Labute approximate surface area is 131 Å². The van der Waals surface area contributed by atoms with E-state index in [9.17, 15) is 0 Å². The van der Waals surface area contributed by atoms with Crippen molar-refractivity contribution in [2.24, 2.45) is 11.8 Å². The normalized spacial score (nSPS) is 35.6. The number of hydrogen-bond acceptors (Lipinski definition) is 2. The summed E-state index contributed by atoms with van der Waals surface area (Å²) < 4.78 is 5.44. The summed E-state index contributed by atoms with van der Waals surface area (Å²) in [6.45, 7) is 4.92. The molecule has 1 N–H and O–H groups in total. The number of methoxy groups -OCH3 is 1. The summed E-state index contributed by atoms with van der Waals surface area (Å²) in [7, 11) is 1.76. The summed E-state index contributed by atoms with van der Waals surface area (Å²) in [5.74, 6) is 3.47. The van der Waals surface area contributed by atoms with E-state index in [1.54, 1.807) is 18.4 Å². The first-order valence-corrected chi connectivity index (χ1v) is 8.72. The Bertz CT molecular complexity index is 734. The molecule has 116 valence electrons. The fraction of sp³-hybridized carbons (Fsp3) is 0.579. The van der Waals surface area contributed by atoms with Gasteiger partial charge in [0.05, 0.1) is 7.11 Å². The van der Waals surface area contributed by atoms with Crippen molar-refractivity contribution >= 4 is 10.9 Å². The molecule has 2 aliphatic heterocycles. The van der Waals surface area contributed by atoms with E-state index in [0.717, 1.165) is 29.5 Å². The number of H-pyrrole nitrogens is 1. The van der Waals surface area contributed by atoms with Gasteiger partial charge in [-0.05, 0) is 48.4 Å². The predicted molar refractivity (Wildman–Crippen MR) is 88.5 cm³/mol. The first-order valence-electron chi connectivity index (χ1n) is 8.72. The SMILES string of the molecule is CC[C@@H]1CC2CN3CCc4c([nH]c5ccc(OC)cc45)[C@H]2C13. The summed E-state index contributed by atoms with van der Waals surface area (Å²) >= 11 is 0. The number of nitrogens with zero attached hydrogens (tertiary/aromatic N) is 1. The zero-order valence-corrected chi connectivity index (χ0v) is 13.4. The molecule has 1 aliphatic carbocycles. The van der Waals surface area contributed by atoms with Gasteiger partial charge in [-0.25, -0.2) is 0 Å². The predicted octanol–water partition coefficient (Wildman–Crippen LogP) is 3.55. The molecule has 3 aliphatic rings. The molecule has 5 rings (SSSR count). The Morgan fingerprint density at radius 3 is 3.09 bits per heavy atom. The smallest absolute Gasteiger partial charge is 0.119 e. The molecule has 2 aromatic rings. The number of hydrogen-bond donors (Lipinski definition) is 1. The second-order valence-electron chi connectivity index (χ2n) is 7.35. The van der Waals surface area contributed by atoms with Crippen molar-refractivity contribution in [3.8, 4) is 5.75 Å². The quantitative estimate of drug-likeness (QED) is 0.918. The van der Waals surface area contributed by atoms with Crippen LogP contribution in [-0.2, 0) is 6.42 Å². The Morgan fingerprint density at radius 1 is 1.36 bits per heavy atom. The van der Waals surface area contributed by atoms with E-state index in [4.69, 9.17) is 4.74 Å². The van der Waals surface area contributed by atoms with Crippen LogP contribution in [0.4, 0.5) is 0 Å². The zero-order chi connectivity index (χ0) is 14.8. The molecule has 1 aromatic carbocycles. The molecule has 0 amide bonds. The third-order valence-electron chi connectivity index (χ3n) is 6.51. The number of benzene rings is 1. The van der Waals surface area contributed by atoms with Gasteiger partial charge in [-0.3, -0.25) is 4.90 Å². The largest absolute Gasteiger partial charge is 0.497 e. The summed E-state index contributed by atoms with van der Waals surface area (Å²) in [5, 5.41) is 1.38. The first-order chi connectivity index (χ1) is 10.8. The van der Waals surface area contributed by atoms with E-state index >= 15 is 0 Å².